The summed E-state index contributed by atoms with van der Waals surface area (Å²) in [5.41, 5.74) is 1.88. The number of aromatic hydroxyl groups is 1. The van der Waals surface area contributed by atoms with Crippen LogP contribution in [0.2, 0.25) is 5.02 Å². The number of phenols is 1. The van der Waals surface area contributed by atoms with Crippen LogP contribution in [-0.2, 0) is 0 Å². The van der Waals surface area contributed by atoms with Gasteiger partial charge in [0, 0.05) is 0 Å². The summed E-state index contributed by atoms with van der Waals surface area (Å²) in [7, 11) is 1.58. The van der Waals surface area contributed by atoms with Crippen molar-refractivity contribution in [1.82, 2.24) is 0 Å². The van der Waals surface area contributed by atoms with E-state index in [9.17, 15) is 5.11 Å². The summed E-state index contributed by atoms with van der Waals surface area (Å²) in [6, 6.07) is 12.6. The van der Waals surface area contributed by atoms with Gasteiger partial charge in [0.15, 0.2) is 0 Å². The standard InChI is InChI=1S/C13H11ClO2/c1-16-13-8-10(5-6-12(13)14)9-3-2-4-11(15)7-9/h2-8,15H,1H3. The topological polar surface area (TPSA) is 29.5 Å². The second kappa shape index (κ2) is 4.45. The highest BCUT2D eigenvalue weighted by atomic mass is 35.5. The molecule has 0 radical (unpaired) electrons. The zero-order valence-electron chi connectivity index (χ0n) is 8.77. The van der Waals surface area contributed by atoms with E-state index in [-0.39, 0.29) is 5.75 Å². The molecule has 0 unspecified atom stereocenters. The van der Waals surface area contributed by atoms with E-state index in [0.717, 1.165) is 11.1 Å². The molecule has 2 rings (SSSR count). The quantitative estimate of drug-likeness (QED) is 0.858. The maximum absolute atomic E-state index is 9.40. The molecule has 1 N–H and O–H groups in total. The Balaban J connectivity index is 2.48. The molecule has 0 saturated carbocycles. The van der Waals surface area contributed by atoms with Crippen LogP contribution in [0.15, 0.2) is 42.5 Å². The lowest BCUT2D eigenvalue weighted by Gasteiger charge is -2.07. The molecule has 2 nitrogen and oxygen atoms in total. The molecule has 3 heteroatoms. The molecule has 0 amide bonds. The number of hydrogen-bond donors (Lipinski definition) is 1. The smallest absolute Gasteiger partial charge is 0.138 e. The first-order valence-electron chi connectivity index (χ1n) is 4.83. The maximum atomic E-state index is 9.40. The van der Waals surface area contributed by atoms with Gasteiger partial charge in [-0.3, -0.25) is 0 Å². The number of phenolic OH excluding ortho intramolecular Hbond substituents is 1. The molecule has 2 aromatic rings. The van der Waals surface area contributed by atoms with Gasteiger partial charge in [-0.05, 0) is 35.4 Å². The Morgan fingerprint density at radius 2 is 1.81 bits per heavy atom. The van der Waals surface area contributed by atoms with Gasteiger partial charge in [-0.15, -0.1) is 0 Å². The Morgan fingerprint density at radius 3 is 2.50 bits per heavy atom. The fourth-order valence-electron chi connectivity index (χ4n) is 1.52. The highest BCUT2D eigenvalue weighted by molar-refractivity contribution is 6.32. The monoisotopic (exact) mass is 234 g/mol. The Labute approximate surface area is 99.1 Å². The molecular weight excluding hydrogens is 224 g/mol. The van der Waals surface area contributed by atoms with Crippen molar-refractivity contribution < 1.29 is 9.84 Å². The van der Waals surface area contributed by atoms with Crippen molar-refractivity contribution in [2.24, 2.45) is 0 Å². The van der Waals surface area contributed by atoms with Gasteiger partial charge >= 0.3 is 0 Å². The Kier molecular flexibility index (Phi) is 3.02. The summed E-state index contributed by atoms with van der Waals surface area (Å²) >= 11 is 5.94. The van der Waals surface area contributed by atoms with E-state index < -0.39 is 0 Å². The lowest BCUT2D eigenvalue weighted by molar-refractivity contribution is 0.415. The first-order valence-corrected chi connectivity index (χ1v) is 5.21. The molecule has 0 spiro atoms. The van der Waals surface area contributed by atoms with Crippen molar-refractivity contribution in [3.8, 4) is 22.6 Å². The number of rotatable bonds is 2. The van der Waals surface area contributed by atoms with Crippen LogP contribution in [0.1, 0.15) is 0 Å². The molecule has 0 aliphatic rings. The highest BCUT2D eigenvalue weighted by Gasteiger charge is 2.04. The number of halogens is 1. The fourth-order valence-corrected chi connectivity index (χ4v) is 1.72. The molecular formula is C13H11ClO2. The summed E-state index contributed by atoms with van der Waals surface area (Å²) in [6.07, 6.45) is 0. The summed E-state index contributed by atoms with van der Waals surface area (Å²) in [5, 5.41) is 9.97. The molecule has 16 heavy (non-hydrogen) atoms. The minimum atomic E-state index is 0.242. The van der Waals surface area contributed by atoms with Gasteiger partial charge in [-0.1, -0.05) is 29.8 Å². The van der Waals surface area contributed by atoms with Crippen LogP contribution < -0.4 is 4.74 Å². The lowest BCUT2D eigenvalue weighted by Crippen LogP contribution is -1.85. The zero-order valence-corrected chi connectivity index (χ0v) is 9.53. The molecule has 0 atom stereocenters. The van der Waals surface area contributed by atoms with Crippen LogP contribution in [0.3, 0.4) is 0 Å². The Morgan fingerprint density at radius 1 is 1.06 bits per heavy atom. The van der Waals surface area contributed by atoms with Gasteiger partial charge < -0.3 is 9.84 Å². The SMILES string of the molecule is COc1cc(-c2cccc(O)c2)ccc1Cl. The lowest BCUT2D eigenvalue weighted by atomic mass is 10.1. The van der Waals surface area contributed by atoms with Crippen molar-refractivity contribution in [3.63, 3.8) is 0 Å². The summed E-state index contributed by atoms with van der Waals surface area (Å²) in [4.78, 5) is 0. The maximum Gasteiger partial charge on any atom is 0.138 e. The van der Waals surface area contributed by atoms with Gasteiger partial charge in [0.05, 0.1) is 12.1 Å². The number of hydrogen-bond acceptors (Lipinski definition) is 2. The third-order valence-corrected chi connectivity index (χ3v) is 2.64. The third-order valence-electron chi connectivity index (χ3n) is 2.33. The van der Waals surface area contributed by atoms with Gasteiger partial charge in [-0.2, -0.15) is 0 Å². The Bertz CT molecular complexity index is 509. The molecule has 0 aliphatic heterocycles. The van der Waals surface area contributed by atoms with Gasteiger partial charge in [0.2, 0.25) is 0 Å². The van der Waals surface area contributed by atoms with Crippen LogP contribution in [0.25, 0.3) is 11.1 Å². The van der Waals surface area contributed by atoms with Crippen LogP contribution in [0.5, 0.6) is 11.5 Å². The average molecular weight is 235 g/mol. The molecule has 0 saturated heterocycles. The molecule has 0 aromatic heterocycles. The van der Waals surface area contributed by atoms with Gasteiger partial charge in [0.1, 0.15) is 11.5 Å². The van der Waals surface area contributed by atoms with E-state index in [1.165, 1.54) is 0 Å². The number of benzene rings is 2. The van der Waals surface area contributed by atoms with Crippen molar-refractivity contribution >= 4 is 11.6 Å². The normalized spacial score (nSPS) is 10.1. The van der Waals surface area contributed by atoms with E-state index in [4.69, 9.17) is 16.3 Å². The van der Waals surface area contributed by atoms with E-state index in [0.29, 0.717) is 10.8 Å². The average Bonchev–Trinajstić information content (AvgIpc) is 2.29. The Hall–Kier alpha value is -1.67. The fraction of sp³-hybridized carbons (Fsp3) is 0.0769. The van der Waals surface area contributed by atoms with E-state index in [1.807, 2.05) is 18.2 Å². The van der Waals surface area contributed by atoms with Crippen molar-refractivity contribution in [3.05, 3.63) is 47.5 Å². The van der Waals surface area contributed by atoms with Crippen LogP contribution in [0, 0.1) is 0 Å². The predicted molar refractivity (Wildman–Crippen MR) is 65.1 cm³/mol. The molecule has 82 valence electrons. The van der Waals surface area contributed by atoms with E-state index in [1.54, 1.807) is 31.4 Å². The van der Waals surface area contributed by atoms with E-state index >= 15 is 0 Å². The molecule has 2 aromatic carbocycles. The summed E-state index contributed by atoms with van der Waals surface area (Å²) < 4.78 is 5.14. The largest absolute Gasteiger partial charge is 0.508 e. The van der Waals surface area contributed by atoms with Crippen LogP contribution in [-0.4, -0.2) is 12.2 Å². The summed E-state index contributed by atoms with van der Waals surface area (Å²) in [5.74, 6) is 0.869. The molecule has 0 bridgehead atoms. The highest BCUT2D eigenvalue weighted by Crippen LogP contribution is 2.31. The predicted octanol–water partition coefficient (Wildman–Crippen LogP) is 3.72. The van der Waals surface area contributed by atoms with Crippen molar-refractivity contribution in [1.29, 1.82) is 0 Å². The number of ether oxygens (including phenoxy) is 1. The third kappa shape index (κ3) is 2.12. The second-order valence-electron chi connectivity index (χ2n) is 3.40. The van der Waals surface area contributed by atoms with Crippen LogP contribution in [0.4, 0.5) is 0 Å². The van der Waals surface area contributed by atoms with Gasteiger partial charge in [0.25, 0.3) is 0 Å². The first kappa shape index (κ1) is 10.8. The van der Waals surface area contributed by atoms with Gasteiger partial charge in [-0.25, -0.2) is 0 Å². The minimum absolute atomic E-state index is 0.242. The summed E-state index contributed by atoms with van der Waals surface area (Å²) in [6.45, 7) is 0. The van der Waals surface area contributed by atoms with Crippen molar-refractivity contribution in [2.45, 2.75) is 0 Å². The second-order valence-corrected chi connectivity index (χ2v) is 3.81. The minimum Gasteiger partial charge on any atom is -0.508 e. The van der Waals surface area contributed by atoms with Crippen LogP contribution >= 0.6 is 11.6 Å². The molecule has 0 aliphatic carbocycles. The first-order chi connectivity index (χ1) is 7.70. The molecule has 0 heterocycles. The molecule has 0 fully saturated rings. The van der Waals surface area contributed by atoms with Crippen molar-refractivity contribution in [2.75, 3.05) is 7.11 Å². The van der Waals surface area contributed by atoms with E-state index in [2.05, 4.69) is 0 Å². The number of methoxy groups -OCH3 is 1. The zero-order chi connectivity index (χ0) is 11.5.